The third-order valence-electron chi connectivity index (χ3n) is 7.18. The molecule has 0 aliphatic rings. The van der Waals surface area contributed by atoms with Crippen LogP contribution in [0.4, 0.5) is 0 Å². The predicted octanol–water partition coefficient (Wildman–Crippen LogP) is 8.82. The smallest absolute Gasteiger partial charge is 0.120 e. The molecule has 4 aromatic carbocycles. The Bertz CT molecular complexity index is 1890. The van der Waals surface area contributed by atoms with E-state index in [4.69, 9.17) is 4.74 Å². The number of nitrogens with zero attached hydrogens (tertiary/aromatic N) is 1. The molecule has 3 heterocycles. The fourth-order valence-corrected chi connectivity index (χ4v) is 6.67. The van der Waals surface area contributed by atoms with Gasteiger partial charge in [0, 0.05) is 26.2 Å². The Morgan fingerprint density at radius 3 is 2.36 bits per heavy atom. The number of hydrogen-bond donors (Lipinski definition) is 0. The van der Waals surface area contributed by atoms with Gasteiger partial charge in [-0.1, -0.05) is 44.5 Å². The maximum atomic E-state index is 5.53. The first-order valence-electron chi connectivity index (χ1n) is 11.5. The summed E-state index contributed by atoms with van der Waals surface area (Å²) in [6, 6.07) is 22.9. The zero-order valence-electron chi connectivity index (χ0n) is 19.5. The summed E-state index contributed by atoms with van der Waals surface area (Å²) in [7, 11) is 1.74. The second-order valence-corrected chi connectivity index (χ2v) is 11.4. The number of benzene rings is 4. The molecule has 3 heteroatoms. The predicted molar refractivity (Wildman–Crippen MR) is 144 cm³/mol. The molecule has 0 atom stereocenters. The molecule has 0 unspecified atom stereocenters. The Morgan fingerprint density at radius 1 is 0.758 bits per heavy atom. The van der Waals surface area contributed by atoms with Crippen molar-refractivity contribution < 1.29 is 4.74 Å². The van der Waals surface area contributed by atoms with E-state index >= 15 is 0 Å². The van der Waals surface area contributed by atoms with Crippen LogP contribution in [0.2, 0.25) is 0 Å². The monoisotopic (exact) mass is 447 g/mol. The molecule has 7 aromatic rings. The van der Waals surface area contributed by atoms with E-state index in [1.54, 1.807) is 7.11 Å². The largest absolute Gasteiger partial charge is 0.497 e. The van der Waals surface area contributed by atoms with E-state index in [0.29, 0.717) is 0 Å². The quantitative estimate of drug-likeness (QED) is 0.245. The van der Waals surface area contributed by atoms with Crippen LogP contribution in [0.25, 0.3) is 58.3 Å². The van der Waals surface area contributed by atoms with Crippen molar-refractivity contribution in [2.45, 2.75) is 33.1 Å². The van der Waals surface area contributed by atoms with Crippen molar-refractivity contribution in [3.05, 3.63) is 71.8 Å². The standard InChI is InChI=1S/C30H25NOS/c1-16-6-7-17-11-22-23-13-19(30(2,3)4)14-24-27(23)31(25(22)12-18(17)10-16)28-21-9-8-20(32-5)15-26(21)33-29(24)28/h6-15H,1-5H3. The molecular formula is C30H25NOS. The number of ether oxygens (including phenoxy) is 1. The fraction of sp³-hybridized carbons (Fsp3) is 0.200. The second kappa shape index (κ2) is 6.18. The van der Waals surface area contributed by atoms with Crippen molar-refractivity contribution in [2.24, 2.45) is 0 Å². The number of fused-ring (bicyclic) bond motifs is 9. The highest BCUT2D eigenvalue weighted by Crippen LogP contribution is 2.48. The minimum Gasteiger partial charge on any atom is -0.497 e. The van der Waals surface area contributed by atoms with Crippen LogP contribution < -0.4 is 4.74 Å². The molecule has 0 spiro atoms. The molecule has 0 saturated heterocycles. The highest BCUT2D eigenvalue weighted by Gasteiger charge is 2.24. The van der Waals surface area contributed by atoms with E-state index in [0.717, 1.165) is 5.75 Å². The molecule has 7 rings (SSSR count). The van der Waals surface area contributed by atoms with E-state index in [9.17, 15) is 0 Å². The zero-order valence-corrected chi connectivity index (χ0v) is 20.4. The average molecular weight is 448 g/mol. The third kappa shape index (κ3) is 2.49. The van der Waals surface area contributed by atoms with E-state index < -0.39 is 0 Å². The van der Waals surface area contributed by atoms with E-state index in [1.165, 1.54) is 69.4 Å². The van der Waals surface area contributed by atoms with Gasteiger partial charge in [-0.2, -0.15) is 0 Å². The number of rotatable bonds is 1. The first-order valence-corrected chi connectivity index (χ1v) is 12.3. The van der Waals surface area contributed by atoms with Gasteiger partial charge in [0.05, 0.1) is 28.4 Å². The second-order valence-electron chi connectivity index (χ2n) is 10.4. The molecule has 0 saturated carbocycles. The lowest BCUT2D eigenvalue weighted by Gasteiger charge is -2.19. The van der Waals surface area contributed by atoms with Crippen LogP contribution in [0.5, 0.6) is 5.75 Å². The molecule has 33 heavy (non-hydrogen) atoms. The maximum absolute atomic E-state index is 5.53. The van der Waals surface area contributed by atoms with Gasteiger partial charge in [0.1, 0.15) is 5.75 Å². The summed E-state index contributed by atoms with van der Waals surface area (Å²) in [5, 5.41) is 7.97. The van der Waals surface area contributed by atoms with Crippen LogP contribution in [0.1, 0.15) is 31.9 Å². The Hall–Kier alpha value is -3.30. The lowest BCUT2D eigenvalue weighted by molar-refractivity contribution is 0.415. The van der Waals surface area contributed by atoms with Gasteiger partial charge in [0.15, 0.2) is 0 Å². The minimum atomic E-state index is 0.0791. The van der Waals surface area contributed by atoms with Gasteiger partial charge in [0.2, 0.25) is 0 Å². The first-order chi connectivity index (χ1) is 15.8. The van der Waals surface area contributed by atoms with Crippen LogP contribution in [0.3, 0.4) is 0 Å². The van der Waals surface area contributed by atoms with Gasteiger partial charge >= 0.3 is 0 Å². The van der Waals surface area contributed by atoms with E-state index in [-0.39, 0.29) is 5.41 Å². The molecule has 0 radical (unpaired) electrons. The van der Waals surface area contributed by atoms with Crippen LogP contribution >= 0.6 is 11.3 Å². The first kappa shape index (κ1) is 19.2. The average Bonchev–Trinajstić information content (AvgIpc) is 3.41. The molecule has 3 aromatic heterocycles. The van der Waals surface area contributed by atoms with Crippen molar-refractivity contribution >= 4 is 69.6 Å². The summed E-state index contributed by atoms with van der Waals surface area (Å²) < 4.78 is 10.7. The van der Waals surface area contributed by atoms with Gasteiger partial charge in [-0.3, -0.25) is 0 Å². The molecule has 162 valence electrons. The van der Waals surface area contributed by atoms with Crippen molar-refractivity contribution in [3.8, 4) is 5.75 Å². The number of aryl methyl sites for hydroxylation is 1. The molecule has 0 bridgehead atoms. The van der Waals surface area contributed by atoms with Crippen LogP contribution in [-0.2, 0) is 5.41 Å². The molecule has 0 N–H and O–H groups in total. The van der Waals surface area contributed by atoms with Gasteiger partial charge in [-0.05, 0) is 71.1 Å². The fourth-order valence-electron chi connectivity index (χ4n) is 5.44. The summed E-state index contributed by atoms with van der Waals surface area (Å²) in [6.07, 6.45) is 0. The number of hydrogen-bond acceptors (Lipinski definition) is 2. The van der Waals surface area contributed by atoms with Crippen LogP contribution in [0, 0.1) is 6.92 Å². The molecule has 0 aliphatic heterocycles. The molecule has 0 fully saturated rings. The summed E-state index contributed by atoms with van der Waals surface area (Å²) in [5.74, 6) is 0.912. The molecular weight excluding hydrogens is 422 g/mol. The zero-order chi connectivity index (χ0) is 22.6. The Kier molecular flexibility index (Phi) is 3.59. The Balaban J connectivity index is 1.78. The lowest BCUT2D eigenvalue weighted by Crippen LogP contribution is -2.10. The van der Waals surface area contributed by atoms with Crippen molar-refractivity contribution in [2.75, 3.05) is 7.11 Å². The summed E-state index contributed by atoms with van der Waals surface area (Å²) >= 11 is 1.88. The summed E-state index contributed by atoms with van der Waals surface area (Å²) in [5.41, 5.74) is 6.73. The topological polar surface area (TPSA) is 13.6 Å². The van der Waals surface area contributed by atoms with Crippen LogP contribution in [0.15, 0.2) is 60.7 Å². The summed E-state index contributed by atoms with van der Waals surface area (Å²) in [6.45, 7) is 9.10. The van der Waals surface area contributed by atoms with E-state index in [1.807, 2.05) is 11.3 Å². The highest BCUT2D eigenvalue weighted by molar-refractivity contribution is 7.26. The number of aromatic nitrogens is 1. The minimum absolute atomic E-state index is 0.0791. The number of methoxy groups -OCH3 is 1. The van der Waals surface area contributed by atoms with Crippen molar-refractivity contribution in [1.82, 2.24) is 4.40 Å². The van der Waals surface area contributed by atoms with Crippen LogP contribution in [-0.4, -0.2) is 11.5 Å². The molecule has 0 aliphatic carbocycles. The van der Waals surface area contributed by atoms with Crippen molar-refractivity contribution in [1.29, 1.82) is 0 Å². The van der Waals surface area contributed by atoms with Gasteiger partial charge < -0.3 is 9.14 Å². The highest BCUT2D eigenvalue weighted by atomic mass is 32.1. The van der Waals surface area contributed by atoms with Gasteiger partial charge in [-0.25, -0.2) is 0 Å². The normalized spacial score (nSPS) is 13.0. The molecule has 0 amide bonds. The Morgan fingerprint density at radius 2 is 1.58 bits per heavy atom. The lowest BCUT2D eigenvalue weighted by atomic mass is 9.85. The van der Waals surface area contributed by atoms with Crippen molar-refractivity contribution in [3.63, 3.8) is 0 Å². The third-order valence-corrected chi connectivity index (χ3v) is 8.36. The molecule has 2 nitrogen and oxygen atoms in total. The maximum Gasteiger partial charge on any atom is 0.120 e. The van der Waals surface area contributed by atoms with E-state index in [2.05, 4.69) is 92.8 Å². The van der Waals surface area contributed by atoms with Gasteiger partial charge in [0.25, 0.3) is 0 Å². The Labute approximate surface area is 196 Å². The SMILES string of the molecule is COc1ccc2c(c1)sc1c3cc(C(C)(C)C)cc4c5cc6ccc(C)cc6cc5n(c43)c21. The van der Waals surface area contributed by atoms with Gasteiger partial charge in [-0.15, -0.1) is 11.3 Å². The summed E-state index contributed by atoms with van der Waals surface area (Å²) in [4.78, 5) is 0. The number of thiophene rings is 1.